The summed E-state index contributed by atoms with van der Waals surface area (Å²) in [6.45, 7) is 9.36. The second-order valence-electron chi connectivity index (χ2n) is 7.75. The number of hydrogen-bond acceptors (Lipinski definition) is 3. The summed E-state index contributed by atoms with van der Waals surface area (Å²) in [7, 11) is 2.16. The zero-order valence-corrected chi connectivity index (χ0v) is 13.9. The van der Waals surface area contributed by atoms with Gasteiger partial charge >= 0.3 is 0 Å². The molecule has 0 bridgehead atoms. The summed E-state index contributed by atoms with van der Waals surface area (Å²) >= 11 is 0. The van der Waals surface area contributed by atoms with E-state index in [0.717, 1.165) is 51.1 Å². The molecular formula is C17H35NO2. The molecule has 1 aliphatic rings. The maximum Gasteiger partial charge on any atom is 0.0580 e. The fourth-order valence-electron chi connectivity index (χ4n) is 3.39. The average Bonchev–Trinajstić information content (AvgIpc) is 2.36. The molecule has 1 fully saturated rings. The fourth-order valence-corrected chi connectivity index (χ4v) is 3.39. The highest BCUT2D eigenvalue weighted by Crippen LogP contribution is 2.40. The van der Waals surface area contributed by atoms with E-state index in [9.17, 15) is 5.11 Å². The van der Waals surface area contributed by atoms with E-state index in [1.807, 2.05) is 0 Å². The van der Waals surface area contributed by atoms with Crippen molar-refractivity contribution in [2.24, 2.45) is 17.3 Å². The van der Waals surface area contributed by atoms with Gasteiger partial charge in [-0.15, -0.1) is 0 Å². The summed E-state index contributed by atoms with van der Waals surface area (Å²) < 4.78 is 0. The highest BCUT2D eigenvalue weighted by Gasteiger charge is 2.35. The second kappa shape index (κ2) is 8.35. The smallest absolute Gasteiger partial charge is 0.0580 e. The van der Waals surface area contributed by atoms with Crippen molar-refractivity contribution in [1.29, 1.82) is 0 Å². The molecule has 0 radical (unpaired) electrons. The quantitative estimate of drug-likeness (QED) is 0.707. The van der Waals surface area contributed by atoms with Crippen LogP contribution in [0.2, 0.25) is 0 Å². The Labute approximate surface area is 125 Å². The van der Waals surface area contributed by atoms with Crippen LogP contribution in [-0.2, 0) is 0 Å². The van der Waals surface area contributed by atoms with E-state index in [2.05, 4.69) is 32.7 Å². The van der Waals surface area contributed by atoms with Crippen LogP contribution in [-0.4, -0.2) is 48.0 Å². The lowest BCUT2D eigenvalue weighted by Gasteiger charge is -2.41. The van der Waals surface area contributed by atoms with Crippen LogP contribution >= 0.6 is 0 Å². The third-order valence-corrected chi connectivity index (χ3v) is 4.91. The minimum atomic E-state index is -0.117. The van der Waals surface area contributed by atoms with Gasteiger partial charge in [-0.3, -0.25) is 0 Å². The maximum absolute atomic E-state index is 10.3. The molecule has 3 unspecified atom stereocenters. The number of rotatable bonds is 7. The topological polar surface area (TPSA) is 43.7 Å². The number of aliphatic hydroxyl groups is 2. The number of hydrogen-bond donors (Lipinski definition) is 2. The summed E-state index contributed by atoms with van der Waals surface area (Å²) in [5.41, 5.74) is 0.359. The summed E-state index contributed by atoms with van der Waals surface area (Å²) in [5.74, 6) is 1.16. The first kappa shape index (κ1) is 17.9. The fraction of sp³-hybridized carbons (Fsp3) is 1.00. The van der Waals surface area contributed by atoms with Crippen molar-refractivity contribution in [3.8, 4) is 0 Å². The molecule has 0 heterocycles. The summed E-state index contributed by atoms with van der Waals surface area (Å²) in [6.07, 6.45) is 6.32. The number of nitrogens with zero attached hydrogens (tertiary/aromatic N) is 1. The van der Waals surface area contributed by atoms with Gasteiger partial charge in [-0.2, -0.15) is 0 Å². The molecule has 120 valence electrons. The highest BCUT2D eigenvalue weighted by molar-refractivity contribution is 4.86. The van der Waals surface area contributed by atoms with Crippen LogP contribution in [0.15, 0.2) is 0 Å². The Morgan fingerprint density at radius 3 is 2.40 bits per heavy atom. The Balaban J connectivity index is 2.36. The van der Waals surface area contributed by atoms with Gasteiger partial charge < -0.3 is 15.1 Å². The van der Waals surface area contributed by atoms with Crippen LogP contribution in [0, 0.1) is 17.3 Å². The molecule has 20 heavy (non-hydrogen) atoms. The van der Waals surface area contributed by atoms with Gasteiger partial charge in [-0.25, -0.2) is 0 Å². The normalized spacial score (nSPS) is 28.1. The minimum Gasteiger partial charge on any atom is -0.396 e. The summed E-state index contributed by atoms with van der Waals surface area (Å²) in [6, 6.07) is 0. The van der Waals surface area contributed by atoms with Crippen molar-refractivity contribution in [3.05, 3.63) is 0 Å². The van der Waals surface area contributed by atoms with E-state index >= 15 is 0 Å². The third-order valence-electron chi connectivity index (χ3n) is 4.91. The lowest BCUT2D eigenvalue weighted by molar-refractivity contribution is 0.00634. The van der Waals surface area contributed by atoms with Crippen LogP contribution in [0.4, 0.5) is 0 Å². The molecule has 0 aromatic heterocycles. The van der Waals surface area contributed by atoms with Crippen molar-refractivity contribution in [2.45, 2.75) is 65.4 Å². The summed E-state index contributed by atoms with van der Waals surface area (Å²) in [4.78, 5) is 2.36. The van der Waals surface area contributed by atoms with Crippen molar-refractivity contribution < 1.29 is 10.2 Å². The van der Waals surface area contributed by atoms with Crippen LogP contribution < -0.4 is 0 Å². The Morgan fingerprint density at radius 1 is 1.10 bits per heavy atom. The van der Waals surface area contributed by atoms with E-state index in [0.29, 0.717) is 17.9 Å². The van der Waals surface area contributed by atoms with Crippen LogP contribution in [0.1, 0.15) is 59.3 Å². The SMILES string of the molecule is CN(CCCCCO)CC1CC(C(C)(C)C)CCC1O. The van der Waals surface area contributed by atoms with Crippen LogP contribution in [0.5, 0.6) is 0 Å². The van der Waals surface area contributed by atoms with E-state index in [1.165, 1.54) is 6.42 Å². The molecule has 0 aliphatic heterocycles. The van der Waals surface area contributed by atoms with Gasteiger partial charge in [-0.05, 0) is 69.4 Å². The zero-order valence-electron chi connectivity index (χ0n) is 13.9. The molecule has 1 rings (SSSR count). The monoisotopic (exact) mass is 285 g/mol. The zero-order chi connectivity index (χ0) is 15.2. The highest BCUT2D eigenvalue weighted by atomic mass is 16.3. The first-order chi connectivity index (χ1) is 9.34. The van der Waals surface area contributed by atoms with Gasteiger partial charge in [0.05, 0.1) is 6.10 Å². The molecule has 2 N–H and O–H groups in total. The van der Waals surface area contributed by atoms with Crippen molar-refractivity contribution >= 4 is 0 Å². The standard InChI is InChI=1S/C17H35NO2/c1-17(2,3)15-8-9-16(20)14(12-15)13-18(4)10-6-5-7-11-19/h14-16,19-20H,5-13H2,1-4H3. The van der Waals surface area contributed by atoms with E-state index in [1.54, 1.807) is 0 Å². The Morgan fingerprint density at radius 2 is 1.80 bits per heavy atom. The molecule has 1 saturated carbocycles. The Hall–Kier alpha value is -0.120. The van der Waals surface area contributed by atoms with E-state index in [-0.39, 0.29) is 6.10 Å². The van der Waals surface area contributed by atoms with Crippen molar-refractivity contribution in [1.82, 2.24) is 4.90 Å². The molecule has 0 spiro atoms. The minimum absolute atomic E-state index is 0.117. The van der Waals surface area contributed by atoms with Gasteiger partial charge in [0.1, 0.15) is 0 Å². The summed E-state index contributed by atoms with van der Waals surface area (Å²) in [5, 5.41) is 19.0. The van der Waals surface area contributed by atoms with E-state index in [4.69, 9.17) is 5.11 Å². The van der Waals surface area contributed by atoms with Gasteiger partial charge in [0, 0.05) is 13.2 Å². The lowest BCUT2D eigenvalue weighted by Crippen LogP contribution is -2.40. The number of unbranched alkanes of at least 4 members (excludes halogenated alkanes) is 2. The molecule has 3 heteroatoms. The predicted molar refractivity (Wildman–Crippen MR) is 84.7 cm³/mol. The van der Waals surface area contributed by atoms with E-state index < -0.39 is 0 Å². The molecule has 1 aliphatic carbocycles. The Bertz CT molecular complexity index is 262. The largest absolute Gasteiger partial charge is 0.396 e. The molecule has 0 aromatic rings. The molecule has 0 saturated heterocycles. The van der Waals surface area contributed by atoms with Crippen molar-refractivity contribution in [2.75, 3.05) is 26.7 Å². The predicted octanol–water partition coefficient (Wildman–Crippen LogP) is 2.90. The molecule has 3 atom stereocenters. The molecule has 3 nitrogen and oxygen atoms in total. The maximum atomic E-state index is 10.3. The van der Waals surface area contributed by atoms with Gasteiger partial charge in [0.25, 0.3) is 0 Å². The molecule has 0 amide bonds. The first-order valence-corrected chi connectivity index (χ1v) is 8.32. The van der Waals surface area contributed by atoms with Gasteiger partial charge in [0.15, 0.2) is 0 Å². The van der Waals surface area contributed by atoms with Crippen molar-refractivity contribution in [3.63, 3.8) is 0 Å². The third kappa shape index (κ3) is 6.11. The molecular weight excluding hydrogens is 250 g/mol. The Kier molecular flexibility index (Phi) is 7.49. The number of aliphatic hydroxyl groups excluding tert-OH is 2. The van der Waals surface area contributed by atoms with Gasteiger partial charge in [0.2, 0.25) is 0 Å². The van der Waals surface area contributed by atoms with Gasteiger partial charge in [-0.1, -0.05) is 20.8 Å². The first-order valence-electron chi connectivity index (χ1n) is 8.32. The van der Waals surface area contributed by atoms with Crippen LogP contribution in [0.3, 0.4) is 0 Å². The second-order valence-corrected chi connectivity index (χ2v) is 7.75. The van der Waals surface area contributed by atoms with Crippen LogP contribution in [0.25, 0.3) is 0 Å². The average molecular weight is 285 g/mol. The lowest BCUT2D eigenvalue weighted by atomic mass is 9.68. The molecule has 0 aromatic carbocycles.